The zero-order chi connectivity index (χ0) is 25.5. The summed E-state index contributed by atoms with van der Waals surface area (Å²) in [6, 6.07) is 5.99. The highest BCUT2D eigenvalue weighted by molar-refractivity contribution is 6.20. The van der Waals surface area contributed by atoms with Gasteiger partial charge in [-0.15, -0.1) is 0 Å². The monoisotopic (exact) mass is 507 g/mol. The van der Waals surface area contributed by atoms with Gasteiger partial charge in [0.15, 0.2) is 5.78 Å². The highest BCUT2D eigenvalue weighted by Crippen LogP contribution is 2.46. The van der Waals surface area contributed by atoms with Gasteiger partial charge in [0.2, 0.25) is 5.91 Å². The lowest BCUT2D eigenvalue weighted by Gasteiger charge is -2.60. The molecule has 5 aliphatic rings. The molecular weight excluding hydrogens is 470 g/mol. The number of rotatable bonds is 4. The van der Waals surface area contributed by atoms with Crippen LogP contribution in [0.2, 0.25) is 0 Å². The van der Waals surface area contributed by atoms with Crippen molar-refractivity contribution < 1.29 is 19.1 Å². The first-order chi connectivity index (χ1) is 18.0. The van der Waals surface area contributed by atoms with Crippen molar-refractivity contribution in [3.63, 3.8) is 0 Å². The number of ether oxygens (including phenoxy) is 1. The molecule has 6 atom stereocenters. The van der Waals surface area contributed by atoms with Gasteiger partial charge in [-0.3, -0.25) is 24.3 Å². The van der Waals surface area contributed by atoms with Crippen LogP contribution in [0, 0.1) is 5.92 Å². The van der Waals surface area contributed by atoms with Gasteiger partial charge in [-0.1, -0.05) is 18.9 Å². The first-order valence-corrected chi connectivity index (χ1v) is 13.9. The van der Waals surface area contributed by atoms with Gasteiger partial charge >= 0.3 is 0 Å². The summed E-state index contributed by atoms with van der Waals surface area (Å²) in [7, 11) is 0. The van der Waals surface area contributed by atoms with Crippen LogP contribution >= 0.6 is 0 Å². The number of piperazine rings is 1. The average molecular weight is 508 g/mol. The van der Waals surface area contributed by atoms with E-state index < -0.39 is 0 Å². The second-order valence-corrected chi connectivity index (χ2v) is 11.1. The minimum absolute atomic E-state index is 0.0382. The fourth-order valence-corrected chi connectivity index (χ4v) is 7.27. The van der Waals surface area contributed by atoms with Gasteiger partial charge in [0.05, 0.1) is 42.1 Å². The molecule has 0 radical (unpaired) electrons. The number of nitrogens with zero attached hydrogens (tertiary/aromatic N) is 4. The molecule has 1 aromatic rings. The van der Waals surface area contributed by atoms with E-state index in [1.54, 1.807) is 13.1 Å². The molecule has 198 valence electrons. The number of ketones is 1. The Hall–Kier alpha value is -2.78. The zero-order valence-electron chi connectivity index (χ0n) is 21.6. The zero-order valence-corrected chi connectivity index (χ0v) is 21.6. The van der Waals surface area contributed by atoms with E-state index in [2.05, 4.69) is 20.1 Å². The van der Waals surface area contributed by atoms with E-state index in [1.165, 1.54) is 0 Å². The molecule has 9 heteroatoms. The van der Waals surface area contributed by atoms with Crippen LogP contribution < -0.4 is 5.32 Å². The number of carbonyl (C=O) groups excluding carboxylic acids is 3. The van der Waals surface area contributed by atoms with Gasteiger partial charge < -0.3 is 19.9 Å². The maximum Gasteiger partial charge on any atom is 0.256 e. The fraction of sp³-hybridized carbons (Fsp3) is 0.643. The Morgan fingerprint density at radius 3 is 2.62 bits per heavy atom. The molecule has 3 aliphatic heterocycles. The lowest BCUT2D eigenvalue weighted by Crippen LogP contribution is -2.71. The Labute approximate surface area is 218 Å². The molecule has 0 aromatic carbocycles. The van der Waals surface area contributed by atoms with Crippen LogP contribution in [0.5, 0.6) is 0 Å². The molecule has 1 aromatic heterocycles. The molecule has 37 heavy (non-hydrogen) atoms. The van der Waals surface area contributed by atoms with Gasteiger partial charge in [-0.25, -0.2) is 0 Å². The lowest BCUT2D eigenvalue weighted by molar-refractivity contribution is -0.202. The average Bonchev–Trinajstić information content (AvgIpc) is 2.93. The smallest absolute Gasteiger partial charge is 0.256 e. The molecular formula is C28H37N5O4. The van der Waals surface area contributed by atoms with Crippen LogP contribution in [0.3, 0.4) is 0 Å². The second kappa shape index (κ2) is 10.2. The summed E-state index contributed by atoms with van der Waals surface area (Å²) >= 11 is 0. The Morgan fingerprint density at radius 1 is 1.05 bits per heavy atom. The molecule has 2 aliphatic carbocycles. The van der Waals surface area contributed by atoms with Crippen molar-refractivity contribution in [3.8, 4) is 0 Å². The molecule has 0 spiro atoms. The molecule has 6 unspecified atom stereocenters. The number of carbonyl (C=O) groups is 3. The standard InChI is InChI=1S/C28H37N5O4/c1-18(34)31-12-14-32(15-13-31)23-10-9-20-25-27(23)37-24-8-3-2-7-22(24)33(25)17-21(26(20)35)28(36)30-16-19-6-4-5-11-29-19/h4-6,11,17,20,22-25,27H,2-3,7-10,12-16H2,1H3,(H,30,36). The summed E-state index contributed by atoms with van der Waals surface area (Å²) in [5.41, 5.74) is 1.04. The highest BCUT2D eigenvalue weighted by Gasteiger charge is 2.56. The number of hydrogen-bond donors (Lipinski definition) is 1. The SMILES string of the molecule is CC(=O)N1CCN(C2CCC3C(=O)C(C(=O)NCc4ccccn4)=CN4C5CCCCC5OC2C34)CC1. The fourth-order valence-electron chi connectivity index (χ4n) is 7.27. The van der Waals surface area contributed by atoms with Crippen LogP contribution in [0.1, 0.15) is 51.1 Å². The van der Waals surface area contributed by atoms with Crippen molar-refractivity contribution in [2.45, 2.75) is 82.3 Å². The van der Waals surface area contributed by atoms with Gasteiger partial charge in [0, 0.05) is 57.5 Å². The van der Waals surface area contributed by atoms with E-state index in [0.29, 0.717) is 6.54 Å². The van der Waals surface area contributed by atoms with Crippen molar-refractivity contribution in [1.29, 1.82) is 0 Å². The third-order valence-electron chi connectivity index (χ3n) is 9.14. The largest absolute Gasteiger partial charge is 0.369 e. The van der Waals surface area contributed by atoms with Crippen LogP contribution in [-0.2, 0) is 25.7 Å². The van der Waals surface area contributed by atoms with E-state index in [0.717, 1.165) is 70.4 Å². The van der Waals surface area contributed by atoms with E-state index in [9.17, 15) is 14.4 Å². The molecule has 4 heterocycles. The van der Waals surface area contributed by atoms with E-state index in [1.807, 2.05) is 29.3 Å². The minimum Gasteiger partial charge on any atom is -0.369 e. The van der Waals surface area contributed by atoms with Crippen molar-refractivity contribution >= 4 is 17.6 Å². The summed E-state index contributed by atoms with van der Waals surface area (Å²) in [6.07, 6.45) is 9.57. The molecule has 9 nitrogen and oxygen atoms in total. The first-order valence-electron chi connectivity index (χ1n) is 13.9. The molecule has 2 saturated heterocycles. The van der Waals surface area contributed by atoms with Gasteiger partial charge in [-0.05, 0) is 37.8 Å². The van der Waals surface area contributed by atoms with Crippen molar-refractivity contribution in [2.75, 3.05) is 26.2 Å². The Balaban J connectivity index is 1.25. The quantitative estimate of drug-likeness (QED) is 0.617. The normalized spacial score (nSPS) is 33.8. The number of fused-ring (bicyclic) bond motifs is 2. The number of Topliss-reactive ketones (excluding diaryl/α,β-unsaturated/α-hetero) is 1. The van der Waals surface area contributed by atoms with Crippen LogP contribution in [0.25, 0.3) is 0 Å². The summed E-state index contributed by atoms with van der Waals surface area (Å²) < 4.78 is 6.87. The number of hydrogen-bond acceptors (Lipinski definition) is 7. The lowest BCUT2D eigenvalue weighted by atomic mass is 9.70. The number of nitrogens with one attached hydrogen (secondary N) is 1. The molecule has 1 N–H and O–H groups in total. The summed E-state index contributed by atoms with van der Waals surface area (Å²) in [6.45, 7) is 5.07. The highest BCUT2D eigenvalue weighted by atomic mass is 16.5. The molecule has 4 fully saturated rings. The molecule has 2 amide bonds. The van der Waals surface area contributed by atoms with Crippen molar-refractivity contribution in [1.82, 2.24) is 25.0 Å². The second-order valence-electron chi connectivity index (χ2n) is 11.1. The first kappa shape index (κ1) is 24.6. The van der Waals surface area contributed by atoms with Gasteiger partial charge in [0.25, 0.3) is 5.91 Å². The number of pyridine rings is 1. The number of morpholine rings is 1. The van der Waals surface area contributed by atoms with Crippen LogP contribution in [0.4, 0.5) is 0 Å². The van der Waals surface area contributed by atoms with Crippen molar-refractivity contribution in [2.24, 2.45) is 5.92 Å². The summed E-state index contributed by atoms with van der Waals surface area (Å²) in [5.74, 6) is -0.469. The summed E-state index contributed by atoms with van der Waals surface area (Å²) in [4.78, 5) is 49.8. The summed E-state index contributed by atoms with van der Waals surface area (Å²) in [5, 5.41) is 2.93. The Bertz CT molecular complexity index is 1070. The third-order valence-corrected chi connectivity index (χ3v) is 9.14. The van der Waals surface area contributed by atoms with Crippen LogP contribution in [0.15, 0.2) is 36.2 Å². The molecule has 6 rings (SSSR count). The molecule has 2 saturated carbocycles. The van der Waals surface area contributed by atoms with Crippen molar-refractivity contribution in [3.05, 3.63) is 41.9 Å². The van der Waals surface area contributed by atoms with Gasteiger partial charge in [-0.2, -0.15) is 0 Å². The van der Waals surface area contributed by atoms with Crippen LogP contribution in [-0.4, -0.2) is 93.8 Å². The van der Waals surface area contributed by atoms with E-state index in [-0.39, 0.29) is 59.4 Å². The third kappa shape index (κ3) is 4.56. The predicted molar refractivity (Wildman–Crippen MR) is 136 cm³/mol. The number of aromatic nitrogens is 1. The topological polar surface area (TPSA) is 95.1 Å². The Morgan fingerprint density at radius 2 is 1.86 bits per heavy atom. The maximum atomic E-state index is 13.7. The molecule has 0 bridgehead atoms. The predicted octanol–water partition coefficient (Wildman–Crippen LogP) is 1.49. The van der Waals surface area contributed by atoms with Gasteiger partial charge in [0.1, 0.15) is 0 Å². The van der Waals surface area contributed by atoms with E-state index in [4.69, 9.17) is 4.74 Å². The minimum atomic E-state index is -0.313. The number of amides is 2. The van der Waals surface area contributed by atoms with E-state index >= 15 is 0 Å². The Kier molecular flexibility index (Phi) is 6.75. The maximum absolute atomic E-state index is 13.7.